The van der Waals surface area contributed by atoms with Crippen LogP contribution in [-0.4, -0.2) is 49.6 Å². The first-order chi connectivity index (χ1) is 13.1. The molecule has 1 aliphatic heterocycles. The normalized spacial score (nSPS) is 15.8. The highest BCUT2D eigenvalue weighted by atomic mass is 16.6. The van der Waals surface area contributed by atoms with Crippen molar-refractivity contribution in [1.82, 2.24) is 4.90 Å². The molecule has 0 aliphatic carbocycles. The average molecular weight is 368 g/mol. The maximum atomic E-state index is 13.1. The van der Waals surface area contributed by atoms with E-state index in [0.717, 1.165) is 12.1 Å². The highest BCUT2D eigenvalue weighted by Gasteiger charge is 2.34. The molecule has 0 saturated heterocycles. The molecule has 0 fully saturated rings. The maximum absolute atomic E-state index is 13.1. The molecule has 0 saturated carbocycles. The Bertz CT molecular complexity index is 794. The number of benzene rings is 2. The van der Waals surface area contributed by atoms with Crippen LogP contribution < -0.4 is 9.64 Å². The summed E-state index contributed by atoms with van der Waals surface area (Å²) < 4.78 is 10.5. The molecule has 2 aromatic carbocycles. The van der Waals surface area contributed by atoms with Crippen LogP contribution in [0, 0.1) is 0 Å². The Morgan fingerprint density at radius 1 is 1.15 bits per heavy atom. The van der Waals surface area contributed by atoms with Crippen molar-refractivity contribution >= 4 is 17.6 Å². The van der Waals surface area contributed by atoms with E-state index in [9.17, 15) is 9.59 Å². The molecule has 0 unspecified atom stereocenters. The van der Waals surface area contributed by atoms with Crippen LogP contribution >= 0.6 is 0 Å². The third-order valence-electron chi connectivity index (χ3n) is 4.59. The average Bonchev–Trinajstić information content (AvgIpc) is 2.72. The van der Waals surface area contributed by atoms with Gasteiger partial charge >= 0.3 is 5.97 Å². The summed E-state index contributed by atoms with van der Waals surface area (Å²) in [6, 6.07) is 17.3. The summed E-state index contributed by atoms with van der Waals surface area (Å²) in [5.41, 5.74) is 1.83. The SMILES string of the molecule is CCN(CC(=O)N1C[C@@H](C(=O)OC)Oc2ccccc21)Cc1ccccc1. The van der Waals surface area contributed by atoms with Crippen molar-refractivity contribution in [3.63, 3.8) is 0 Å². The molecule has 0 spiro atoms. The number of carbonyl (C=O) groups is 2. The van der Waals surface area contributed by atoms with Crippen molar-refractivity contribution < 1.29 is 19.1 Å². The second-order valence-electron chi connectivity index (χ2n) is 6.39. The monoisotopic (exact) mass is 368 g/mol. The summed E-state index contributed by atoms with van der Waals surface area (Å²) in [5, 5.41) is 0. The number of anilines is 1. The number of rotatable bonds is 6. The van der Waals surface area contributed by atoms with E-state index in [4.69, 9.17) is 9.47 Å². The molecule has 1 aliphatic rings. The third-order valence-corrected chi connectivity index (χ3v) is 4.59. The fourth-order valence-electron chi connectivity index (χ4n) is 3.12. The van der Waals surface area contributed by atoms with Gasteiger partial charge in [0.1, 0.15) is 5.75 Å². The van der Waals surface area contributed by atoms with E-state index in [1.807, 2.05) is 55.5 Å². The van der Waals surface area contributed by atoms with E-state index >= 15 is 0 Å². The van der Waals surface area contributed by atoms with E-state index in [1.54, 1.807) is 11.0 Å². The second-order valence-corrected chi connectivity index (χ2v) is 6.39. The van der Waals surface area contributed by atoms with Gasteiger partial charge in [-0.3, -0.25) is 9.69 Å². The van der Waals surface area contributed by atoms with Crippen LogP contribution in [0.4, 0.5) is 5.69 Å². The Balaban J connectivity index is 1.76. The van der Waals surface area contributed by atoms with Gasteiger partial charge in [0.05, 0.1) is 25.9 Å². The Labute approximate surface area is 159 Å². The molecular weight excluding hydrogens is 344 g/mol. The summed E-state index contributed by atoms with van der Waals surface area (Å²) in [6.45, 7) is 3.86. The van der Waals surface area contributed by atoms with Gasteiger partial charge in [-0.1, -0.05) is 49.4 Å². The van der Waals surface area contributed by atoms with E-state index in [2.05, 4.69) is 4.90 Å². The summed E-state index contributed by atoms with van der Waals surface area (Å²) in [5.74, 6) is -0.0463. The second kappa shape index (κ2) is 8.68. The molecular formula is C21H24N2O4. The number of nitrogens with zero attached hydrogens (tertiary/aromatic N) is 2. The number of para-hydroxylation sites is 2. The number of ether oxygens (including phenoxy) is 2. The summed E-state index contributed by atoms with van der Waals surface area (Å²) in [6.07, 6.45) is -0.821. The lowest BCUT2D eigenvalue weighted by Gasteiger charge is -2.34. The van der Waals surface area contributed by atoms with Gasteiger partial charge in [-0.15, -0.1) is 0 Å². The minimum atomic E-state index is -0.821. The lowest BCUT2D eigenvalue weighted by atomic mass is 10.1. The highest BCUT2D eigenvalue weighted by Crippen LogP contribution is 2.33. The van der Waals surface area contributed by atoms with Crippen LogP contribution in [-0.2, 0) is 20.9 Å². The van der Waals surface area contributed by atoms with Gasteiger partial charge in [-0.2, -0.15) is 0 Å². The van der Waals surface area contributed by atoms with Crippen molar-refractivity contribution in [2.45, 2.75) is 19.6 Å². The summed E-state index contributed by atoms with van der Waals surface area (Å²) >= 11 is 0. The molecule has 6 heteroatoms. The predicted octanol–water partition coefficient (Wildman–Crippen LogP) is 2.48. The van der Waals surface area contributed by atoms with Gasteiger partial charge in [0.25, 0.3) is 0 Å². The van der Waals surface area contributed by atoms with Crippen LogP contribution in [0.15, 0.2) is 54.6 Å². The standard InChI is InChI=1S/C21H24N2O4/c1-3-22(13-16-9-5-4-6-10-16)15-20(24)23-14-19(21(25)26-2)27-18-12-8-7-11-17(18)23/h4-12,19H,3,13-15H2,1-2H3/t19-/m0/s1. The summed E-state index contributed by atoms with van der Waals surface area (Å²) in [4.78, 5) is 28.7. The van der Waals surface area contributed by atoms with Gasteiger partial charge in [-0.25, -0.2) is 4.79 Å². The molecule has 27 heavy (non-hydrogen) atoms. The van der Waals surface area contributed by atoms with E-state index in [1.165, 1.54) is 7.11 Å². The largest absolute Gasteiger partial charge is 0.475 e. The zero-order chi connectivity index (χ0) is 19.2. The fraction of sp³-hybridized carbons (Fsp3) is 0.333. The van der Waals surface area contributed by atoms with Crippen molar-refractivity contribution in [1.29, 1.82) is 0 Å². The number of carbonyl (C=O) groups excluding carboxylic acids is 2. The first kappa shape index (κ1) is 18.9. The van der Waals surface area contributed by atoms with Crippen LogP contribution in [0.1, 0.15) is 12.5 Å². The number of likely N-dealkylation sites (N-methyl/N-ethyl adjacent to an activating group) is 1. The summed E-state index contributed by atoms with van der Waals surface area (Å²) in [7, 11) is 1.32. The number of hydrogen-bond acceptors (Lipinski definition) is 5. The van der Waals surface area contributed by atoms with Gasteiger partial charge in [-0.05, 0) is 24.2 Å². The minimum Gasteiger partial charge on any atom is -0.475 e. The van der Waals surface area contributed by atoms with Gasteiger partial charge < -0.3 is 14.4 Å². The third kappa shape index (κ3) is 4.46. The Morgan fingerprint density at radius 3 is 2.56 bits per heavy atom. The molecule has 1 amide bonds. The molecule has 0 bridgehead atoms. The van der Waals surface area contributed by atoms with Gasteiger partial charge in [0.2, 0.25) is 12.0 Å². The molecule has 1 atom stereocenters. The van der Waals surface area contributed by atoms with Crippen molar-refractivity contribution in [3.8, 4) is 5.75 Å². The quantitative estimate of drug-likeness (QED) is 0.733. The molecule has 0 N–H and O–H groups in total. The van der Waals surface area contributed by atoms with Crippen molar-refractivity contribution in [3.05, 3.63) is 60.2 Å². The van der Waals surface area contributed by atoms with Crippen molar-refractivity contribution in [2.24, 2.45) is 0 Å². The van der Waals surface area contributed by atoms with E-state index < -0.39 is 12.1 Å². The molecule has 6 nitrogen and oxygen atoms in total. The first-order valence-corrected chi connectivity index (χ1v) is 9.02. The molecule has 1 heterocycles. The predicted molar refractivity (Wildman–Crippen MR) is 103 cm³/mol. The topological polar surface area (TPSA) is 59.1 Å². The number of hydrogen-bond donors (Lipinski definition) is 0. The number of amides is 1. The molecule has 0 radical (unpaired) electrons. The Hall–Kier alpha value is -2.86. The number of methoxy groups -OCH3 is 1. The first-order valence-electron chi connectivity index (χ1n) is 9.02. The zero-order valence-electron chi connectivity index (χ0n) is 15.6. The smallest absolute Gasteiger partial charge is 0.348 e. The molecule has 3 rings (SSSR count). The molecule has 0 aromatic heterocycles. The lowest BCUT2D eigenvalue weighted by molar-refractivity contribution is -0.148. The number of fused-ring (bicyclic) bond motifs is 1. The van der Waals surface area contributed by atoms with Gasteiger partial charge in [0.15, 0.2) is 0 Å². The van der Waals surface area contributed by atoms with Crippen molar-refractivity contribution in [2.75, 3.05) is 31.6 Å². The Morgan fingerprint density at radius 2 is 1.85 bits per heavy atom. The number of esters is 1. The fourth-order valence-corrected chi connectivity index (χ4v) is 3.12. The Kier molecular flexibility index (Phi) is 6.08. The van der Waals surface area contributed by atoms with Crippen LogP contribution in [0.3, 0.4) is 0 Å². The van der Waals surface area contributed by atoms with Crippen LogP contribution in [0.2, 0.25) is 0 Å². The van der Waals surface area contributed by atoms with Crippen LogP contribution in [0.25, 0.3) is 0 Å². The van der Waals surface area contributed by atoms with E-state index in [-0.39, 0.29) is 19.0 Å². The minimum absolute atomic E-state index is 0.0718. The zero-order valence-corrected chi connectivity index (χ0v) is 15.6. The van der Waals surface area contributed by atoms with Crippen LogP contribution in [0.5, 0.6) is 5.75 Å². The molecule has 142 valence electrons. The highest BCUT2D eigenvalue weighted by molar-refractivity contribution is 5.98. The lowest BCUT2D eigenvalue weighted by Crippen LogP contribution is -2.50. The molecule has 2 aromatic rings. The van der Waals surface area contributed by atoms with Gasteiger partial charge in [0, 0.05) is 6.54 Å². The maximum Gasteiger partial charge on any atom is 0.348 e. The van der Waals surface area contributed by atoms with E-state index in [0.29, 0.717) is 18.0 Å².